The van der Waals surface area contributed by atoms with Crippen LogP contribution in [0, 0.1) is 6.92 Å². The molecule has 0 saturated heterocycles. The lowest BCUT2D eigenvalue weighted by Crippen LogP contribution is -1.93. The van der Waals surface area contributed by atoms with Gasteiger partial charge in [0.25, 0.3) is 0 Å². The lowest BCUT2D eigenvalue weighted by atomic mass is 9.91. The molecule has 0 N–H and O–H groups in total. The zero-order valence-corrected chi connectivity index (χ0v) is 14.2. The molecule has 0 spiro atoms. The number of hydrogen-bond donors (Lipinski definition) is 0. The Morgan fingerprint density at radius 3 is 2.18 bits per heavy atom. The maximum atomic E-state index is 3.92. The molecule has 0 bridgehead atoms. The van der Waals surface area contributed by atoms with Gasteiger partial charge in [0.15, 0.2) is 0 Å². The first-order valence-corrected chi connectivity index (χ1v) is 7.49. The predicted molar refractivity (Wildman–Crippen MR) is 102 cm³/mol. The average Bonchev–Trinajstić information content (AvgIpc) is 2.50. The minimum atomic E-state index is 1.07. The van der Waals surface area contributed by atoms with E-state index in [1.165, 1.54) is 27.8 Å². The molecule has 1 aromatic rings. The summed E-state index contributed by atoms with van der Waals surface area (Å²) >= 11 is 0. The minimum Gasteiger partial charge on any atom is -0.0990 e. The van der Waals surface area contributed by atoms with Gasteiger partial charge >= 0.3 is 0 Å². The quantitative estimate of drug-likeness (QED) is 0.513. The highest BCUT2D eigenvalue weighted by atomic mass is 14.1. The monoisotopic (exact) mass is 290 g/mol. The Kier molecular flexibility index (Phi) is 6.59. The standard InChI is InChI=1S/C22H26/c1-8-11-19(10-3)20-13-12-18(7)22(15-20)21(14-16(4)5)17(6)9-2/h8-15H,1-3H2,4-7H3/b19-11+,21-17+. The second-order valence-corrected chi connectivity index (χ2v) is 5.61. The van der Waals surface area contributed by atoms with Crippen molar-refractivity contribution in [2.75, 3.05) is 0 Å². The molecule has 1 rings (SSSR count). The van der Waals surface area contributed by atoms with E-state index < -0.39 is 0 Å². The summed E-state index contributed by atoms with van der Waals surface area (Å²) in [6, 6.07) is 6.49. The lowest BCUT2D eigenvalue weighted by Gasteiger charge is -2.13. The molecular formula is C22H26. The molecule has 0 amide bonds. The Balaban J connectivity index is 3.62. The number of allylic oxidation sites excluding steroid dienone is 9. The van der Waals surface area contributed by atoms with Gasteiger partial charge in [0.05, 0.1) is 0 Å². The van der Waals surface area contributed by atoms with Crippen molar-refractivity contribution < 1.29 is 0 Å². The second-order valence-electron chi connectivity index (χ2n) is 5.61. The van der Waals surface area contributed by atoms with Crippen LogP contribution in [0.1, 0.15) is 37.5 Å². The largest absolute Gasteiger partial charge is 0.0990 e. The Labute approximate surface area is 135 Å². The van der Waals surface area contributed by atoms with E-state index in [9.17, 15) is 0 Å². The van der Waals surface area contributed by atoms with E-state index >= 15 is 0 Å². The lowest BCUT2D eigenvalue weighted by molar-refractivity contribution is 1.35. The fraction of sp³-hybridized carbons (Fsp3) is 0.182. The fourth-order valence-corrected chi connectivity index (χ4v) is 2.30. The van der Waals surface area contributed by atoms with Gasteiger partial charge in [-0.3, -0.25) is 0 Å². The maximum absolute atomic E-state index is 3.92. The molecule has 0 saturated carbocycles. The molecule has 0 fully saturated rings. The van der Waals surface area contributed by atoms with Crippen LogP contribution in [0.4, 0.5) is 0 Å². The smallest absolute Gasteiger partial charge is 0.0146 e. The normalized spacial score (nSPS) is 12.3. The molecule has 114 valence electrons. The predicted octanol–water partition coefficient (Wildman–Crippen LogP) is 6.68. The first-order valence-electron chi connectivity index (χ1n) is 7.49. The van der Waals surface area contributed by atoms with Gasteiger partial charge in [0.2, 0.25) is 0 Å². The summed E-state index contributed by atoms with van der Waals surface area (Å²) in [6.45, 7) is 20.1. The first-order chi connectivity index (χ1) is 10.4. The summed E-state index contributed by atoms with van der Waals surface area (Å²) in [5, 5.41) is 0. The highest BCUT2D eigenvalue weighted by molar-refractivity contribution is 5.84. The summed E-state index contributed by atoms with van der Waals surface area (Å²) < 4.78 is 0. The number of hydrogen-bond acceptors (Lipinski definition) is 0. The highest BCUT2D eigenvalue weighted by Gasteiger charge is 2.08. The number of benzene rings is 1. The zero-order valence-electron chi connectivity index (χ0n) is 14.2. The molecule has 1 aromatic carbocycles. The van der Waals surface area contributed by atoms with Crippen LogP contribution < -0.4 is 0 Å². The van der Waals surface area contributed by atoms with Crippen molar-refractivity contribution in [2.24, 2.45) is 0 Å². The third-order valence-corrected chi connectivity index (χ3v) is 3.54. The van der Waals surface area contributed by atoms with E-state index in [0.717, 1.165) is 11.1 Å². The van der Waals surface area contributed by atoms with Crippen LogP contribution in [-0.4, -0.2) is 0 Å². The van der Waals surface area contributed by atoms with Crippen molar-refractivity contribution in [1.82, 2.24) is 0 Å². The molecule has 22 heavy (non-hydrogen) atoms. The molecule has 0 heteroatoms. The van der Waals surface area contributed by atoms with Gasteiger partial charge in [-0.15, -0.1) is 0 Å². The zero-order chi connectivity index (χ0) is 16.7. The molecule has 0 atom stereocenters. The first kappa shape index (κ1) is 17.7. The van der Waals surface area contributed by atoms with E-state index in [1.54, 1.807) is 6.08 Å². The summed E-state index contributed by atoms with van der Waals surface area (Å²) in [5.41, 5.74) is 8.36. The van der Waals surface area contributed by atoms with Gasteiger partial charge in [0.1, 0.15) is 0 Å². The van der Waals surface area contributed by atoms with Crippen molar-refractivity contribution in [2.45, 2.75) is 27.7 Å². The van der Waals surface area contributed by atoms with Crippen molar-refractivity contribution in [3.63, 3.8) is 0 Å². The van der Waals surface area contributed by atoms with Crippen molar-refractivity contribution in [1.29, 1.82) is 0 Å². The fourth-order valence-electron chi connectivity index (χ4n) is 2.30. The number of rotatable bonds is 6. The third kappa shape index (κ3) is 4.33. The van der Waals surface area contributed by atoms with Crippen molar-refractivity contribution >= 4 is 11.1 Å². The Hall–Kier alpha value is -2.34. The van der Waals surface area contributed by atoms with E-state index in [2.05, 4.69) is 71.7 Å². The van der Waals surface area contributed by atoms with Gasteiger partial charge in [-0.1, -0.05) is 67.8 Å². The topological polar surface area (TPSA) is 0 Å². The molecule has 0 heterocycles. The van der Waals surface area contributed by atoms with E-state index in [0.29, 0.717) is 0 Å². The molecule has 0 aliphatic rings. The second kappa shape index (κ2) is 8.19. The molecule has 0 aromatic heterocycles. The van der Waals surface area contributed by atoms with Gasteiger partial charge in [-0.05, 0) is 67.2 Å². The van der Waals surface area contributed by atoms with Gasteiger partial charge in [0, 0.05) is 0 Å². The van der Waals surface area contributed by atoms with E-state index in [-0.39, 0.29) is 0 Å². The Bertz CT molecular complexity index is 672. The van der Waals surface area contributed by atoms with Crippen LogP contribution in [-0.2, 0) is 0 Å². The SMILES string of the molecule is C=C/C=C(\C=C)c1ccc(C)c(/C(C=C(C)C)=C(\C)C=C)c1. The van der Waals surface area contributed by atoms with Crippen LogP contribution in [0.15, 0.2) is 79.5 Å². The van der Waals surface area contributed by atoms with E-state index in [4.69, 9.17) is 0 Å². The van der Waals surface area contributed by atoms with E-state index in [1.807, 2.05) is 18.2 Å². The van der Waals surface area contributed by atoms with Gasteiger partial charge in [-0.25, -0.2) is 0 Å². The number of aryl methyl sites for hydroxylation is 1. The molecule has 0 radical (unpaired) electrons. The maximum Gasteiger partial charge on any atom is -0.0146 e. The molecule has 0 unspecified atom stereocenters. The minimum absolute atomic E-state index is 1.07. The van der Waals surface area contributed by atoms with Crippen molar-refractivity contribution in [3.05, 3.63) is 96.2 Å². The van der Waals surface area contributed by atoms with Crippen LogP contribution in [0.5, 0.6) is 0 Å². The summed E-state index contributed by atoms with van der Waals surface area (Å²) in [4.78, 5) is 0. The average molecular weight is 290 g/mol. The van der Waals surface area contributed by atoms with Crippen LogP contribution in [0.2, 0.25) is 0 Å². The summed E-state index contributed by atoms with van der Waals surface area (Å²) in [5.74, 6) is 0. The van der Waals surface area contributed by atoms with Crippen LogP contribution >= 0.6 is 0 Å². The molecular weight excluding hydrogens is 264 g/mol. The Morgan fingerprint density at radius 2 is 1.68 bits per heavy atom. The third-order valence-electron chi connectivity index (χ3n) is 3.54. The molecule has 0 aliphatic carbocycles. The van der Waals surface area contributed by atoms with Crippen LogP contribution in [0.25, 0.3) is 11.1 Å². The molecule has 0 aliphatic heterocycles. The summed E-state index contributed by atoms with van der Waals surface area (Å²) in [7, 11) is 0. The molecule has 0 nitrogen and oxygen atoms in total. The summed E-state index contributed by atoms with van der Waals surface area (Å²) in [6.07, 6.45) is 9.76. The van der Waals surface area contributed by atoms with Crippen LogP contribution in [0.3, 0.4) is 0 Å². The van der Waals surface area contributed by atoms with Gasteiger partial charge in [-0.2, -0.15) is 0 Å². The van der Waals surface area contributed by atoms with Gasteiger partial charge < -0.3 is 0 Å². The van der Waals surface area contributed by atoms with Crippen molar-refractivity contribution in [3.8, 4) is 0 Å². The Morgan fingerprint density at radius 1 is 1.00 bits per heavy atom. The highest BCUT2D eigenvalue weighted by Crippen LogP contribution is 2.29.